The standard InChI is InChI=1S/C24H30ClN3O4S/c1-16(22(29)27-11-4-10-24(2,3)15-27)28-12-9-21(23(28)30)26-33(31,32)20-8-6-17-13-19(25)7-5-18(17)14-20/h5-8,13-14,16,21,26H,4,9-12,15H2,1-3H3/t16-,21-/m0/s1. The number of halogens is 1. The van der Waals surface area contributed by atoms with Gasteiger partial charge in [-0.25, -0.2) is 8.42 Å². The number of piperidine rings is 1. The zero-order valence-corrected chi connectivity index (χ0v) is 20.7. The Morgan fingerprint density at radius 3 is 2.58 bits per heavy atom. The normalized spacial score (nSPS) is 22.1. The van der Waals surface area contributed by atoms with Crippen molar-refractivity contribution in [1.29, 1.82) is 0 Å². The second-order valence-electron chi connectivity index (χ2n) is 9.85. The zero-order chi connectivity index (χ0) is 24.0. The monoisotopic (exact) mass is 491 g/mol. The van der Waals surface area contributed by atoms with Crippen LogP contribution in [0.2, 0.25) is 5.02 Å². The summed E-state index contributed by atoms with van der Waals surface area (Å²) < 4.78 is 28.5. The van der Waals surface area contributed by atoms with Gasteiger partial charge in [0.15, 0.2) is 0 Å². The first-order valence-corrected chi connectivity index (χ1v) is 13.1. The molecule has 0 aliphatic carbocycles. The van der Waals surface area contributed by atoms with E-state index in [1.807, 2.05) is 4.90 Å². The van der Waals surface area contributed by atoms with Crippen molar-refractivity contribution in [3.63, 3.8) is 0 Å². The summed E-state index contributed by atoms with van der Waals surface area (Å²) >= 11 is 6.00. The minimum atomic E-state index is -3.91. The summed E-state index contributed by atoms with van der Waals surface area (Å²) in [6.45, 7) is 7.72. The van der Waals surface area contributed by atoms with Crippen molar-refractivity contribution in [3.05, 3.63) is 41.4 Å². The number of hydrogen-bond acceptors (Lipinski definition) is 4. The fourth-order valence-electron chi connectivity index (χ4n) is 4.82. The van der Waals surface area contributed by atoms with E-state index in [0.717, 1.165) is 23.6 Å². The number of fused-ring (bicyclic) bond motifs is 1. The summed E-state index contributed by atoms with van der Waals surface area (Å²) in [4.78, 5) is 29.5. The van der Waals surface area contributed by atoms with Crippen molar-refractivity contribution < 1.29 is 18.0 Å². The Morgan fingerprint density at radius 1 is 1.15 bits per heavy atom. The lowest BCUT2D eigenvalue weighted by Gasteiger charge is -2.40. The van der Waals surface area contributed by atoms with E-state index in [-0.39, 0.29) is 22.1 Å². The first kappa shape index (κ1) is 24.0. The molecule has 9 heteroatoms. The number of hydrogen-bond donors (Lipinski definition) is 1. The number of rotatable bonds is 5. The molecule has 0 aromatic heterocycles. The van der Waals surface area contributed by atoms with Gasteiger partial charge in [0, 0.05) is 24.7 Å². The molecule has 4 rings (SSSR count). The highest BCUT2D eigenvalue weighted by atomic mass is 35.5. The molecule has 33 heavy (non-hydrogen) atoms. The summed E-state index contributed by atoms with van der Waals surface area (Å²) in [7, 11) is -3.91. The quantitative estimate of drug-likeness (QED) is 0.694. The third kappa shape index (κ3) is 5.03. The molecule has 7 nitrogen and oxygen atoms in total. The SMILES string of the molecule is C[C@@H](C(=O)N1CCCC(C)(C)C1)N1CC[C@H](NS(=O)(=O)c2ccc3cc(Cl)ccc3c2)C1=O. The lowest BCUT2D eigenvalue weighted by Crippen LogP contribution is -2.53. The number of likely N-dealkylation sites (tertiary alicyclic amines) is 2. The van der Waals surface area contributed by atoms with Crippen molar-refractivity contribution in [2.75, 3.05) is 19.6 Å². The van der Waals surface area contributed by atoms with Gasteiger partial charge >= 0.3 is 0 Å². The van der Waals surface area contributed by atoms with E-state index >= 15 is 0 Å². The molecule has 178 valence electrons. The van der Waals surface area contributed by atoms with Crippen molar-refractivity contribution >= 4 is 44.2 Å². The predicted octanol–water partition coefficient (Wildman–Crippen LogP) is 3.41. The molecule has 0 radical (unpaired) electrons. The van der Waals surface area contributed by atoms with E-state index in [1.54, 1.807) is 37.3 Å². The Hall–Kier alpha value is -2.16. The smallest absolute Gasteiger partial charge is 0.245 e. The van der Waals surface area contributed by atoms with Gasteiger partial charge in [-0.1, -0.05) is 37.6 Å². The zero-order valence-electron chi connectivity index (χ0n) is 19.2. The molecule has 2 aromatic rings. The van der Waals surface area contributed by atoms with Gasteiger partial charge in [0.05, 0.1) is 4.90 Å². The topological polar surface area (TPSA) is 86.8 Å². The lowest BCUT2D eigenvalue weighted by molar-refractivity contribution is -0.145. The van der Waals surface area contributed by atoms with E-state index in [0.29, 0.717) is 31.1 Å². The number of nitrogens with zero attached hydrogens (tertiary/aromatic N) is 2. The molecule has 2 fully saturated rings. The van der Waals surface area contributed by atoms with Gasteiger partial charge in [-0.3, -0.25) is 9.59 Å². The van der Waals surface area contributed by atoms with Crippen LogP contribution in [0.5, 0.6) is 0 Å². The van der Waals surface area contributed by atoms with Crippen molar-refractivity contribution in [2.24, 2.45) is 5.41 Å². The van der Waals surface area contributed by atoms with Crippen molar-refractivity contribution in [2.45, 2.75) is 57.0 Å². The molecular weight excluding hydrogens is 462 g/mol. The molecule has 2 amide bonds. The predicted molar refractivity (Wildman–Crippen MR) is 128 cm³/mol. The minimum Gasteiger partial charge on any atom is -0.340 e. The van der Waals surface area contributed by atoms with Crippen LogP contribution >= 0.6 is 11.6 Å². The van der Waals surface area contributed by atoms with E-state index in [9.17, 15) is 18.0 Å². The summed E-state index contributed by atoms with van der Waals surface area (Å²) in [5.41, 5.74) is 0.0615. The Bertz CT molecular complexity index is 1200. The molecule has 2 aromatic carbocycles. The van der Waals surface area contributed by atoms with Gasteiger partial charge in [-0.15, -0.1) is 0 Å². The Labute approximate surface area is 200 Å². The fourth-order valence-corrected chi connectivity index (χ4v) is 6.26. The second-order valence-corrected chi connectivity index (χ2v) is 12.0. The molecule has 2 atom stereocenters. The Morgan fingerprint density at radius 2 is 1.85 bits per heavy atom. The number of amides is 2. The van der Waals surface area contributed by atoms with Crippen molar-refractivity contribution in [3.8, 4) is 0 Å². The highest BCUT2D eigenvalue weighted by Crippen LogP contribution is 2.30. The van der Waals surface area contributed by atoms with Gasteiger partial charge in [0.2, 0.25) is 21.8 Å². The Kier molecular flexibility index (Phi) is 6.46. The van der Waals surface area contributed by atoms with Gasteiger partial charge in [-0.05, 0) is 66.6 Å². The molecule has 2 aliphatic rings. The minimum absolute atomic E-state index is 0.0615. The van der Waals surface area contributed by atoms with E-state index < -0.39 is 22.1 Å². The number of benzene rings is 2. The highest BCUT2D eigenvalue weighted by Gasteiger charge is 2.41. The van der Waals surface area contributed by atoms with Gasteiger partial charge in [0.25, 0.3) is 0 Å². The summed E-state index contributed by atoms with van der Waals surface area (Å²) in [6.07, 6.45) is 2.34. The average molecular weight is 492 g/mol. The number of carbonyl (C=O) groups excluding carboxylic acids is 2. The van der Waals surface area contributed by atoms with Crippen LogP contribution in [0, 0.1) is 5.41 Å². The van der Waals surface area contributed by atoms with Crippen LogP contribution in [0.4, 0.5) is 0 Å². The van der Waals surface area contributed by atoms with Gasteiger partial charge < -0.3 is 9.80 Å². The number of nitrogens with one attached hydrogen (secondary N) is 1. The molecular formula is C24H30ClN3O4S. The second kappa shape index (κ2) is 8.89. The summed E-state index contributed by atoms with van der Waals surface area (Å²) in [5, 5.41) is 2.15. The molecule has 2 saturated heterocycles. The number of sulfonamides is 1. The van der Waals surface area contributed by atoms with Crippen molar-refractivity contribution in [1.82, 2.24) is 14.5 Å². The highest BCUT2D eigenvalue weighted by molar-refractivity contribution is 7.89. The molecule has 2 heterocycles. The third-order valence-corrected chi connectivity index (χ3v) is 8.36. The molecule has 0 saturated carbocycles. The maximum absolute atomic E-state index is 13.1. The third-order valence-electron chi connectivity index (χ3n) is 6.66. The average Bonchev–Trinajstić information content (AvgIpc) is 3.11. The first-order chi connectivity index (χ1) is 15.5. The Balaban J connectivity index is 1.45. The van der Waals surface area contributed by atoms with E-state index in [4.69, 9.17) is 11.6 Å². The molecule has 2 aliphatic heterocycles. The molecule has 0 bridgehead atoms. The van der Waals surface area contributed by atoms with Crippen LogP contribution in [0.15, 0.2) is 41.3 Å². The molecule has 1 N–H and O–H groups in total. The van der Waals surface area contributed by atoms with Crippen LogP contribution < -0.4 is 4.72 Å². The summed E-state index contributed by atoms with van der Waals surface area (Å²) in [6, 6.07) is 8.48. The summed E-state index contributed by atoms with van der Waals surface area (Å²) in [5.74, 6) is -0.434. The fraction of sp³-hybridized carbons (Fsp3) is 0.500. The molecule has 0 spiro atoms. The maximum atomic E-state index is 13.1. The number of carbonyl (C=O) groups is 2. The van der Waals surface area contributed by atoms with Crippen LogP contribution in [0.3, 0.4) is 0 Å². The van der Waals surface area contributed by atoms with Crippen LogP contribution in [0.1, 0.15) is 40.0 Å². The van der Waals surface area contributed by atoms with E-state index in [1.165, 1.54) is 11.0 Å². The van der Waals surface area contributed by atoms with Crippen LogP contribution in [-0.4, -0.2) is 61.7 Å². The lowest BCUT2D eigenvalue weighted by atomic mass is 9.84. The van der Waals surface area contributed by atoms with Crippen LogP contribution in [-0.2, 0) is 19.6 Å². The maximum Gasteiger partial charge on any atom is 0.245 e. The first-order valence-electron chi connectivity index (χ1n) is 11.3. The van der Waals surface area contributed by atoms with Gasteiger partial charge in [0.1, 0.15) is 12.1 Å². The molecule has 0 unspecified atom stereocenters. The van der Waals surface area contributed by atoms with E-state index in [2.05, 4.69) is 18.6 Å². The van der Waals surface area contributed by atoms with Gasteiger partial charge in [-0.2, -0.15) is 4.72 Å². The van der Waals surface area contributed by atoms with Crippen LogP contribution in [0.25, 0.3) is 10.8 Å². The largest absolute Gasteiger partial charge is 0.340 e.